The molecule has 2 aliphatic heterocycles. The van der Waals surface area contributed by atoms with Crippen molar-refractivity contribution in [3.8, 4) is 0 Å². The van der Waals surface area contributed by atoms with Crippen LogP contribution in [0.25, 0.3) is 0 Å². The van der Waals surface area contributed by atoms with E-state index in [0.717, 1.165) is 45.2 Å². The van der Waals surface area contributed by atoms with E-state index in [4.69, 9.17) is 0 Å². The Morgan fingerprint density at radius 2 is 2.00 bits per heavy atom. The number of carbonyl (C=O) groups excluding carboxylic acids is 2. The largest absolute Gasteiger partial charge is 0.351 e. The molecule has 4 heteroatoms. The highest BCUT2D eigenvalue weighted by Gasteiger charge is 2.39. The molecule has 3 fully saturated rings. The van der Waals surface area contributed by atoms with Gasteiger partial charge in [-0.2, -0.15) is 0 Å². The number of hydrogen-bond donors (Lipinski definition) is 1. The van der Waals surface area contributed by atoms with E-state index in [1.54, 1.807) is 0 Å². The van der Waals surface area contributed by atoms with Crippen LogP contribution in [0.2, 0.25) is 0 Å². The van der Waals surface area contributed by atoms with Gasteiger partial charge in [0.2, 0.25) is 11.8 Å². The van der Waals surface area contributed by atoms with Gasteiger partial charge >= 0.3 is 0 Å². The Morgan fingerprint density at radius 1 is 1.28 bits per heavy atom. The minimum atomic E-state index is 0.00565. The lowest BCUT2D eigenvalue weighted by atomic mass is 9.80. The first-order chi connectivity index (χ1) is 8.67. The van der Waals surface area contributed by atoms with Gasteiger partial charge < -0.3 is 10.2 Å². The molecule has 1 saturated carbocycles. The van der Waals surface area contributed by atoms with Crippen LogP contribution in [0.4, 0.5) is 0 Å². The monoisotopic (exact) mass is 250 g/mol. The number of nitrogens with one attached hydrogen (secondary N) is 1. The zero-order chi connectivity index (χ0) is 12.6. The van der Waals surface area contributed by atoms with Crippen molar-refractivity contribution in [3.05, 3.63) is 0 Å². The van der Waals surface area contributed by atoms with Gasteiger partial charge in [-0.3, -0.25) is 9.59 Å². The van der Waals surface area contributed by atoms with Crippen LogP contribution in [0.5, 0.6) is 0 Å². The molecule has 0 atom stereocenters. The summed E-state index contributed by atoms with van der Waals surface area (Å²) in [7, 11) is 0. The number of carbonyl (C=O) groups is 2. The Hall–Kier alpha value is -1.06. The van der Waals surface area contributed by atoms with Gasteiger partial charge in [-0.05, 0) is 44.4 Å². The van der Waals surface area contributed by atoms with Crippen molar-refractivity contribution in [1.29, 1.82) is 0 Å². The van der Waals surface area contributed by atoms with Gasteiger partial charge in [-0.15, -0.1) is 0 Å². The first-order valence-corrected chi connectivity index (χ1v) is 7.26. The minimum Gasteiger partial charge on any atom is -0.351 e. The van der Waals surface area contributed by atoms with Gasteiger partial charge in [0.05, 0.1) is 0 Å². The maximum atomic E-state index is 12.0. The average molecular weight is 250 g/mol. The highest BCUT2D eigenvalue weighted by atomic mass is 16.2. The average Bonchev–Trinajstić information content (AvgIpc) is 3.13. The van der Waals surface area contributed by atoms with Crippen LogP contribution >= 0.6 is 0 Å². The molecule has 0 bridgehead atoms. The Bertz CT molecular complexity index is 355. The Kier molecular flexibility index (Phi) is 3.04. The van der Waals surface area contributed by atoms with Gasteiger partial charge in [0.15, 0.2) is 0 Å². The van der Waals surface area contributed by atoms with Gasteiger partial charge in [0, 0.05) is 31.5 Å². The highest BCUT2D eigenvalue weighted by Crippen LogP contribution is 2.35. The highest BCUT2D eigenvalue weighted by molar-refractivity contribution is 5.78. The van der Waals surface area contributed by atoms with E-state index in [1.165, 1.54) is 12.8 Å². The molecule has 0 unspecified atom stereocenters. The lowest BCUT2D eigenvalue weighted by Crippen LogP contribution is -2.58. The molecular formula is C14H22N2O2. The van der Waals surface area contributed by atoms with E-state index >= 15 is 0 Å². The molecule has 1 spiro atoms. The molecule has 18 heavy (non-hydrogen) atoms. The maximum absolute atomic E-state index is 12.0. The van der Waals surface area contributed by atoms with Crippen LogP contribution in [0.15, 0.2) is 0 Å². The zero-order valence-corrected chi connectivity index (χ0v) is 10.9. The molecule has 3 rings (SSSR count). The van der Waals surface area contributed by atoms with E-state index in [0.29, 0.717) is 18.2 Å². The molecule has 0 aromatic rings. The standard InChI is InChI=1S/C14H22N2O2/c17-12-2-1-5-14(15-12)6-8-16(9-7-14)13(18)10-11-3-4-11/h11H,1-10H2,(H,15,17). The third kappa shape index (κ3) is 2.52. The van der Waals surface area contributed by atoms with Crippen LogP contribution in [0.1, 0.15) is 51.4 Å². The van der Waals surface area contributed by atoms with Crippen molar-refractivity contribution in [1.82, 2.24) is 10.2 Å². The van der Waals surface area contributed by atoms with Crippen molar-refractivity contribution in [2.24, 2.45) is 5.92 Å². The fourth-order valence-corrected chi connectivity index (χ4v) is 3.27. The SMILES string of the molecule is O=C1CCCC2(CCN(C(=O)CC3CC3)CC2)N1. The molecule has 2 saturated heterocycles. The predicted octanol–water partition coefficient (Wildman–Crippen LogP) is 1.45. The summed E-state index contributed by atoms with van der Waals surface area (Å²) in [5.41, 5.74) is 0.00565. The molecule has 0 radical (unpaired) electrons. The second-order valence-corrected chi connectivity index (χ2v) is 6.21. The fourth-order valence-electron chi connectivity index (χ4n) is 3.27. The molecule has 1 N–H and O–H groups in total. The van der Waals surface area contributed by atoms with Crippen molar-refractivity contribution in [2.75, 3.05) is 13.1 Å². The molecular weight excluding hydrogens is 228 g/mol. The van der Waals surface area contributed by atoms with Gasteiger partial charge in [0.25, 0.3) is 0 Å². The molecule has 0 aromatic heterocycles. The summed E-state index contributed by atoms with van der Waals surface area (Å²) in [5.74, 6) is 1.19. The summed E-state index contributed by atoms with van der Waals surface area (Å²) in [5, 5.41) is 3.17. The smallest absolute Gasteiger partial charge is 0.222 e. The summed E-state index contributed by atoms with van der Waals surface area (Å²) in [6, 6.07) is 0. The number of nitrogens with zero attached hydrogens (tertiary/aromatic N) is 1. The van der Waals surface area contributed by atoms with Crippen molar-refractivity contribution in [2.45, 2.75) is 56.9 Å². The van der Waals surface area contributed by atoms with E-state index in [1.807, 2.05) is 4.90 Å². The Labute approximate surface area is 108 Å². The maximum Gasteiger partial charge on any atom is 0.222 e. The van der Waals surface area contributed by atoms with E-state index in [9.17, 15) is 9.59 Å². The van der Waals surface area contributed by atoms with Crippen molar-refractivity contribution in [3.63, 3.8) is 0 Å². The van der Waals surface area contributed by atoms with Crippen LogP contribution in [0, 0.1) is 5.92 Å². The first-order valence-electron chi connectivity index (χ1n) is 7.26. The second kappa shape index (κ2) is 4.56. The van der Waals surface area contributed by atoms with Crippen LogP contribution in [-0.2, 0) is 9.59 Å². The third-order valence-corrected chi connectivity index (χ3v) is 4.70. The first kappa shape index (κ1) is 12.0. The summed E-state index contributed by atoms with van der Waals surface area (Å²) >= 11 is 0. The van der Waals surface area contributed by atoms with Crippen molar-refractivity contribution >= 4 is 11.8 Å². The van der Waals surface area contributed by atoms with E-state index < -0.39 is 0 Å². The predicted molar refractivity (Wildman–Crippen MR) is 67.9 cm³/mol. The topological polar surface area (TPSA) is 49.4 Å². The number of likely N-dealkylation sites (tertiary alicyclic amines) is 1. The summed E-state index contributed by atoms with van der Waals surface area (Å²) in [4.78, 5) is 25.5. The summed E-state index contributed by atoms with van der Waals surface area (Å²) in [6.45, 7) is 1.65. The molecule has 2 amide bonds. The molecule has 0 aromatic carbocycles. The molecule has 4 nitrogen and oxygen atoms in total. The quantitative estimate of drug-likeness (QED) is 0.806. The zero-order valence-electron chi connectivity index (χ0n) is 10.9. The normalized spacial score (nSPS) is 27.1. The second-order valence-electron chi connectivity index (χ2n) is 6.21. The van der Waals surface area contributed by atoms with Gasteiger partial charge in [-0.1, -0.05) is 0 Å². The van der Waals surface area contributed by atoms with Crippen LogP contribution < -0.4 is 5.32 Å². The minimum absolute atomic E-state index is 0.00565. The summed E-state index contributed by atoms with van der Waals surface area (Å²) in [6.07, 6.45) is 7.86. The molecule has 2 heterocycles. The number of piperidine rings is 2. The number of amides is 2. The molecule has 3 aliphatic rings. The van der Waals surface area contributed by atoms with Crippen LogP contribution in [0.3, 0.4) is 0 Å². The van der Waals surface area contributed by atoms with E-state index in [-0.39, 0.29) is 11.4 Å². The fraction of sp³-hybridized carbons (Fsp3) is 0.857. The Balaban J connectivity index is 1.53. The lowest BCUT2D eigenvalue weighted by Gasteiger charge is -2.44. The third-order valence-electron chi connectivity index (χ3n) is 4.70. The molecule has 1 aliphatic carbocycles. The Morgan fingerprint density at radius 3 is 2.61 bits per heavy atom. The summed E-state index contributed by atoms with van der Waals surface area (Å²) < 4.78 is 0. The number of rotatable bonds is 2. The van der Waals surface area contributed by atoms with Gasteiger partial charge in [0.1, 0.15) is 0 Å². The lowest BCUT2D eigenvalue weighted by molar-refractivity contribution is -0.134. The van der Waals surface area contributed by atoms with Crippen molar-refractivity contribution < 1.29 is 9.59 Å². The van der Waals surface area contributed by atoms with Crippen LogP contribution in [-0.4, -0.2) is 35.3 Å². The van der Waals surface area contributed by atoms with Gasteiger partial charge in [-0.25, -0.2) is 0 Å². The number of hydrogen-bond acceptors (Lipinski definition) is 2. The van der Waals surface area contributed by atoms with E-state index in [2.05, 4.69) is 5.32 Å². The molecule has 100 valence electrons.